The molecule has 0 aliphatic carbocycles. The van der Waals surface area contributed by atoms with Crippen LogP contribution in [-0.4, -0.2) is 38.2 Å². The molecule has 0 aromatic carbocycles. The first-order chi connectivity index (χ1) is 7.27. The van der Waals surface area contributed by atoms with Crippen molar-refractivity contribution in [1.29, 1.82) is 0 Å². The zero-order chi connectivity index (χ0) is 10.7. The smallest absolute Gasteiger partial charge is 0.276 e. The number of amides is 1. The zero-order valence-corrected chi connectivity index (χ0v) is 8.86. The van der Waals surface area contributed by atoms with Crippen LogP contribution in [0, 0.1) is 0 Å². The zero-order valence-electron chi connectivity index (χ0n) is 8.04. The number of nitrogens with zero attached hydrogens (tertiary/aromatic N) is 4. The van der Waals surface area contributed by atoms with Crippen LogP contribution in [0.25, 0.3) is 0 Å². The molecule has 2 aromatic heterocycles. The molecule has 1 amide bonds. The van der Waals surface area contributed by atoms with Crippen LogP contribution in [0.2, 0.25) is 0 Å². The minimum absolute atomic E-state index is 0.170. The van der Waals surface area contributed by atoms with E-state index in [1.54, 1.807) is 17.5 Å². The second-order valence-electron chi connectivity index (χ2n) is 3.00. The van der Waals surface area contributed by atoms with Gasteiger partial charge in [-0.1, -0.05) is 0 Å². The monoisotopic (exact) mass is 223 g/mol. The molecule has 0 radical (unpaired) electrons. The van der Waals surface area contributed by atoms with Crippen LogP contribution < -0.4 is 0 Å². The first kappa shape index (κ1) is 9.78. The van der Waals surface area contributed by atoms with Gasteiger partial charge >= 0.3 is 0 Å². The van der Waals surface area contributed by atoms with Gasteiger partial charge in [0.15, 0.2) is 5.69 Å². The van der Waals surface area contributed by atoms with Gasteiger partial charge in [-0.2, -0.15) is 15.4 Å². The maximum Gasteiger partial charge on any atom is 0.276 e. The molecule has 0 saturated carbocycles. The molecule has 0 atom stereocenters. The molecule has 0 fully saturated rings. The molecule has 15 heavy (non-hydrogen) atoms. The van der Waals surface area contributed by atoms with E-state index in [-0.39, 0.29) is 5.91 Å². The standard InChI is InChI=1S/C8H9N5OS/c1-13(3-6-4-15-5-9-6)8(14)7-2-10-12-11-7/h2,4-5H,3H2,1H3,(H,10,11,12). The summed E-state index contributed by atoms with van der Waals surface area (Å²) < 4.78 is 0. The molecule has 0 aliphatic heterocycles. The molecule has 2 aromatic rings. The summed E-state index contributed by atoms with van der Waals surface area (Å²) in [4.78, 5) is 17.4. The molecule has 1 N–H and O–H groups in total. The van der Waals surface area contributed by atoms with E-state index in [1.165, 1.54) is 17.5 Å². The van der Waals surface area contributed by atoms with Crippen molar-refractivity contribution in [2.45, 2.75) is 6.54 Å². The summed E-state index contributed by atoms with van der Waals surface area (Å²) in [6.07, 6.45) is 1.40. The van der Waals surface area contributed by atoms with E-state index in [4.69, 9.17) is 0 Å². The molecule has 0 spiro atoms. The first-order valence-electron chi connectivity index (χ1n) is 4.25. The molecular weight excluding hydrogens is 214 g/mol. The minimum atomic E-state index is -0.170. The highest BCUT2D eigenvalue weighted by molar-refractivity contribution is 7.07. The number of carbonyl (C=O) groups is 1. The van der Waals surface area contributed by atoms with Gasteiger partial charge in [0.05, 0.1) is 23.9 Å². The van der Waals surface area contributed by atoms with Crippen molar-refractivity contribution in [1.82, 2.24) is 25.3 Å². The molecule has 2 rings (SSSR count). The van der Waals surface area contributed by atoms with Crippen LogP contribution in [0.3, 0.4) is 0 Å². The Morgan fingerprint density at radius 3 is 3.13 bits per heavy atom. The van der Waals surface area contributed by atoms with Gasteiger partial charge in [-0.3, -0.25) is 4.79 Å². The number of carbonyl (C=O) groups excluding carboxylic acids is 1. The van der Waals surface area contributed by atoms with Crippen molar-refractivity contribution in [3.63, 3.8) is 0 Å². The van der Waals surface area contributed by atoms with Crippen molar-refractivity contribution in [2.24, 2.45) is 0 Å². The van der Waals surface area contributed by atoms with Crippen molar-refractivity contribution < 1.29 is 4.79 Å². The Morgan fingerprint density at radius 1 is 1.67 bits per heavy atom. The molecule has 0 bridgehead atoms. The second-order valence-corrected chi connectivity index (χ2v) is 3.71. The van der Waals surface area contributed by atoms with Gasteiger partial charge in [0, 0.05) is 12.4 Å². The van der Waals surface area contributed by atoms with E-state index < -0.39 is 0 Å². The van der Waals surface area contributed by atoms with Crippen LogP contribution in [-0.2, 0) is 6.54 Å². The Labute approximate surface area is 90.0 Å². The van der Waals surface area contributed by atoms with E-state index in [0.717, 1.165) is 5.69 Å². The fraction of sp³-hybridized carbons (Fsp3) is 0.250. The van der Waals surface area contributed by atoms with E-state index in [0.29, 0.717) is 12.2 Å². The Hall–Kier alpha value is -1.76. The summed E-state index contributed by atoms with van der Waals surface area (Å²) in [7, 11) is 1.70. The molecule has 2 heterocycles. The van der Waals surface area contributed by atoms with Crippen molar-refractivity contribution in [2.75, 3.05) is 7.05 Å². The third-order valence-corrected chi connectivity index (χ3v) is 2.50. The first-order valence-corrected chi connectivity index (χ1v) is 5.20. The second kappa shape index (κ2) is 4.18. The van der Waals surface area contributed by atoms with Crippen LogP contribution in [0.5, 0.6) is 0 Å². The van der Waals surface area contributed by atoms with Gasteiger partial charge < -0.3 is 4.90 Å². The third-order valence-electron chi connectivity index (χ3n) is 1.86. The summed E-state index contributed by atoms with van der Waals surface area (Å²) in [5.74, 6) is -0.170. The fourth-order valence-corrected chi connectivity index (χ4v) is 1.68. The van der Waals surface area contributed by atoms with E-state index >= 15 is 0 Å². The summed E-state index contributed by atoms with van der Waals surface area (Å²) in [6, 6.07) is 0. The lowest BCUT2D eigenvalue weighted by Crippen LogP contribution is -2.26. The van der Waals surface area contributed by atoms with Gasteiger partial charge in [-0.15, -0.1) is 11.3 Å². The van der Waals surface area contributed by atoms with Crippen molar-refractivity contribution in [3.8, 4) is 0 Å². The number of nitrogens with one attached hydrogen (secondary N) is 1. The van der Waals surface area contributed by atoms with Crippen molar-refractivity contribution in [3.05, 3.63) is 28.5 Å². The van der Waals surface area contributed by atoms with Gasteiger partial charge in [-0.25, -0.2) is 4.98 Å². The molecule has 78 valence electrons. The maximum atomic E-state index is 11.7. The molecule has 7 heteroatoms. The number of thiazole rings is 1. The number of hydrogen-bond acceptors (Lipinski definition) is 5. The highest BCUT2D eigenvalue weighted by atomic mass is 32.1. The number of hydrogen-bond donors (Lipinski definition) is 1. The summed E-state index contributed by atoms with van der Waals surface area (Å²) >= 11 is 1.51. The van der Waals surface area contributed by atoms with Crippen LogP contribution >= 0.6 is 11.3 Å². The van der Waals surface area contributed by atoms with E-state index in [1.807, 2.05) is 5.38 Å². The Morgan fingerprint density at radius 2 is 2.53 bits per heavy atom. The van der Waals surface area contributed by atoms with Gasteiger partial charge in [-0.05, 0) is 0 Å². The normalized spacial score (nSPS) is 10.2. The topological polar surface area (TPSA) is 74.8 Å². The Bertz CT molecular complexity index is 424. The van der Waals surface area contributed by atoms with Gasteiger partial charge in [0.2, 0.25) is 0 Å². The predicted molar refractivity (Wildman–Crippen MR) is 54.3 cm³/mol. The highest BCUT2D eigenvalue weighted by Gasteiger charge is 2.14. The predicted octanol–water partition coefficient (Wildman–Crippen LogP) is 0.533. The van der Waals surface area contributed by atoms with Crippen LogP contribution in [0.1, 0.15) is 16.2 Å². The number of aromatic nitrogens is 4. The van der Waals surface area contributed by atoms with E-state index in [2.05, 4.69) is 20.4 Å². The molecule has 0 aliphatic rings. The van der Waals surface area contributed by atoms with Crippen molar-refractivity contribution >= 4 is 17.2 Å². The summed E-state index contributed by atoms with van der Waals surface area (Å²) in [5, 5.41) is 11.6. The molecule has 0 saturated heterocycles. The maximum absolute atomic E-state index is 11.7. The third kappa shape index (κ3) is 2.18. The quantitative estimate of drug-likeness (QED) is 0.823. The number of rotatable bonds is 3. The molecule has 6 nitrogen and oxygen atoms in total. The summed E-state index contributed by atoms with van der Waals surface area (Å²) in [5.41, 5.74) is 2.93. The summed E-state index contributed by atoms with van der Waals surface area (Å²) in [6.45, 7) is 0.481. The lowest BCUT2D eigenvalue weighted by Gasteiger charge is -2.13. The Kier molecular flexibility index (Phi) is 2.72. The lowest BCUT2D eigenvalue weighted by molar-refractivity contribution is 0.0778. The minimum Gasteiger partial charge on any atom is -0.334 e. The average molecular weight is 223 g/mol. The Balaban J connectivity index is 2.03. The van der Waals surface area contributed by atoms with E-state index in [9.17, 15) is 4.79 Å². The van der Waals surface area contributed by atoms with Gasteiger partial charge in [0.25, 0.3) is 5.91 Å². The number of H-pyrrole nitrogens is 1. The van der Waals surface area contributed by atoms with Crippen LogP contribution in [0.4, 0.5) is 0 Å². The number of aromatic amines is 1. The van der Waals surface area contributed by atoms with Crippen LogP contribution in [0.15, 0.2) is 17.1 Å². The van der Waals surface area contributed by atoms with Gasteiger partial charge in [0.1, 0.15) is 0 Å². The fourth-order valence-electron chi connectivity index (χ4n) is 1.13. The average Bonchev–Trinajstić information content (AvgIpc) is 2.88. The molecular formula is C8H9N5OS. The molecule has 0 unspecified atom stereocenters. The SMILES string of the molecule is CN(Cc1cscn1)C(=O)c1cn[nH]n1. The largest absolute Gasteiger partial charge is 0.334 e. The highest BCUT2D eigenvalue weighted by Crippen LogP contribution is 2.06. The lowest BCUT2D eigenvalue weighted by atomic mass is 10.3.